The van der Waals surface area contributed by atoms with Crippen molar-refractivity contribution in [1.29, 1.82) is 0 Å². The molecule has 0 saturated carbocycles. The van der Waals surface area contributed by atoms with Crippen LogP contribution in [0.1, 0.15) is 78.8 Å². The zero-order chi connectivity index (χ0) is 25.1. The molecule has 1 N–H and O–H groups in total. The van der Waals surface area contributed by atoms with Crippen molar-refractivity contribution in [3.05, 3.63) is 63.1 Å². The predicted molar refractivity (Wildman–Crippen MR) is 127 cm³/mol. The van der Waals surface area contributed by atoms with Crippen molar-refractivity contribution in [2.24, 2.45) is 0 Å². The van der Waals surface area contributed by atoms with E-state index in [9.17, 15) is 23.2 Å². The molecule has 2 aromatic rings. The summed E-state index contributed by atoms with van der Waals surface area (Å²) >= 11 is 0. The van der Waals surface area contributed by atoms with Crippen LogP contribution in [0.4, 0.5) is 8.78 Å². The van der Waals surface area contributed by atoms with Gasteiger partial charge in [0.05, 0.1) is 12.6 Å². The SMILES string of the molecule is CCCCOc1c2n(cc(C(=O)NCc3ccc(F)cc3F)c1=O)C[C@@H]1CCCC[C@@H](C)N1C2=O. The van der Waals surface area contributed by atoms with Gasteiger partial charge in [0.15, 0.2) is 11.4 Å². The molecule has 188 valence electrons. The third-order valence-corrected chi connectivity index (χ3v) is 6.80. The van der Waals surface area contributed by atoms with E-state index in [0.717, 1.165) is 44.2 Å². The van der Waals surface area contributed by atoms with Gasteiger partial charge in [-0.1, -0.05) is 32.3 Å². The summed E-state index contributed by atoms with van der Waals surface area (Å²) in [6.45, 7) is 4.50. The number of halogens is 2. The van der Waals surface area contributed by atoms with Gasteiger partial charge in [-0.15, -0.1) is 0 Å². The lowest BCUT2D eigenvalue weighted by Crippen LogP contribution is -2.52. The molecule has 2 aliphatic heterocycles. The number of hydrogen-bond donors (Lipinski definition) is 1. The molecule has 1 fully saturated rings. The molecule has 9 heteroatoms. The summed E-state index contributed by atoms with van der Waals surface area (Å²) in [6, 6.07) is 3.10. The summed E-state index contributed by atoms with van der Waals surface area (Å²) < 4.78 is 34.7. The number of carbonyl (C=O) groups excluding carboxylic acids is 2. The van der Waals surface area contributed by atoms with Crippen LogP contribution >= 0.6 is 0 Å². The molecule has 0 bridgehead atoms. The van der Waals surface area contributed by atoms with E-state index >= 15 is 0 Å². The third kappa shape index (κ3) is 5.09. The van der Waals surface area contributed by atoms with Crippen molar-refractivity contribution >= 4 is 11.8 Å². The van der Waals surface area contributed by atoms with Crippen LogP contribution in [0, 0.1) is 11.6 Å². The van der Waals surface area contributed by atoms with E-state index in [-0.39, 0.29) is 53.7 Å². The second-order valence-electron chi connectivity index (χ2n) is 9.32. The Hall–Kier alpha value is -3.23. The van der Waals surface area contributed by atoms with Gasteiger partial charge in [0.1, 0.15) is 17.2 Å². The van der Waals surface area contributed by atoms with Gasteiger partial charge in [0.2, 0.25) is 5.43 Å². The van der Waals surface area contributed by atoms with E-state index < -0.39 is 23.0 Å². The molecule has 2 amide bonds. The summed E-state index contributed by atoms with van der Waals surface area (Å²) in [6.07, 6.45) is 6.72. The van der Waals surface area contributed by atoms with Crippen LogP contribution in [0.25, 0.3) is 0 Å². The molecule has 3 heterocycles. The summed E-state index contributed by atoms with van der Waals surface area (Å²) in [4.78, 5) is 41.8. The number of amides is 2. The molecule has 1 saturated heterocycles. The lowest BCUT2D eigenvalue weighted by molar-refractivity contribution is 0.0487. The van der Waals surface area contributed by atoms with Gasteiger partial charge in [-0.2, -0.15) is 0 Å². The van der Waals surface area contributed by atoms with E-state index in [1.54, 1.807) is 4.57 Å². The van der Waals surface area contributed by atoms with Crippen molar-refractivity contribution in [3.8, 4) is 5.75 Å². The number of rotatable bonds is 7. The summed E-state index contributed by atoms with van der Waals surface area (Å²) in [5.41, 5.74) is -0.572. The molecule has 0 spiro atoms. The standard InChI is InChI=1S/C26H31F2N3O4/c1-3-4-11-35-24-22-26(34)31-16(2)7-5-6-8-19(31)14-30(22)15-20(23(24)32)25(33)29-13-17-9-10-18(27)12-21(17)28/h9-10,12,15-16,19H,3-8,11,13-14H2,1-2H3,(H,29,33)/t16-,19+/m1/s1. The predicted octanol–water partition coefficient (Wildman–Crippen LogP) is 4.02. The van der Waals surface area contributed by atoms with Crippen LogP contribution in [0.2, 0.25) is 0 Å². The molecular formula is C26H31F2N3O4. The number of hydrogen-bond acceptors (Lipinski definition) is 4. The Balaban J connectivity index is 1.69. The molecule has 35 heavy (non-hydrogen) atoms. The molecule has 1 aromatic heterocycles. The Morgan fingerprint density at radius 2 is 1.97 bits per heavy atom. The van der Waals surface area contributed by atoms with Crippen LogP contribution in [-0.4, -0.2) is 40.0 Å². The quantitative estimate of drug-likeness (QED) is 0.599. The van der Waals surface area contributed by atoms with Gasteiger partial charge in [0.25, 0.3) is 11.8 Å². The van der Waals surface area contributed by atoms with E-state index in [0.29, 0.717) is 13.0 Å². The van der Waals surface area contributed by atoms with Crippen LogP contribution in [0.3, 0.4) is 0 Å². The topological polar surface area (TPSA) is 80.6 Å². The lowest BCUT2D eigenvalue weighted by atomic mass is 10.0. The summed E-state index contributed by atoms with van der Waals surface area (Å²) in [7, 11) is 0. The van der Waals surface area contributed by atoms with Crippen molar-refractivity contribution in [2.75, 3.05) is 6.61 Å². The Morgan fingerprint density at radius 1 is 1.20 bits per heavy atom. The van der Waals surface area contributed by atoms with E-state index in [1.807, 2.05) is 18.7 Å². The van der Waals surface area contributed by atoms with E-state index in [1.165, 1.54) is 12.3 Å². The van der Waals surface area contributed by atoms with Gasteiger partial charge in [-0.25, -0.2) is 8.78 Å². The van der Waals surface area contributed by atoms with Gasteiger partial charge >= 0.3 is 0 Å². The number of unbranched alkanes of at least 4 members (excludes halogenated alkanes) is 1. The van der Waals surface area contributed by atoms with Crippen LogP contribution in [-0.2, 0) is 13.1 Å². The largest absolute Gasteiger partial charge is 0.487 e. The number of benzene rings is 1. The van der Waals surface area contributed by atoms with Crippen LogP contribution < -0.4 is 15.5 Å². The molecular weight excluding hydrogens is 456 g/mol. The minimum atomic E-state index is -0.788. The van der Waals surface area contributed by atoms with Crippen LogP contribution in [0.15, 0.2) is 29.2 Å². The molecule has 2 aliphatic rings. The number of carbonyl (C=O) groups is 2. The fourth-order valence-corrected chi connectivity index (χ4v) is 4.91. The zero-order valence-electron chi connectivity index (χ0n) is 20.1. The first-order valence-electron chi connectivity index (χ1n) is 12.3. The van der Waals surface area contributed by atoms with Gasteiger partial charge in [0, 0.05) is 37.0 Å². The maximum absolute atomic E-state index is 14.0. The minimum absolute atomic E-state index is 0.0253. The average molecular weight is 488 g/mol. The highest BCUT2D eigenvalue weighted by molar-refractivity contribution is 5.99. The molecule has 0 unspecified atom stereocenters. The lowest BCUT2D eigenvalue weighted by Gasteiger charge is -2.40. The van der Waals surface area contributed by atoms with Crippen molar-refractivity contribution in [3.63, 3.8) is 0 Å². The maximum atomic E-state index is 14.0. The highest BCUT2D eigenvalue weighted by atomic mass is 19.1. The third-order valence-electron chi connectivity index (χ3n) is 6.80. The molecule has 2 atom stereocenters. The first-order valence-corrected chi connectivity index (χ1v) is 12.3. The van der Waals surface area contributed by atoms with E-state index in [4.69, 9.17) is 4.74 Å². The molecule has 4 rings (SSSR count). The van der Waals surface area contributed by atoms with Crippen LogP contribution in [0.5, 0.6) is 5.75 Å². The highest BCUT2D eigenvalue weighted by Crippen LogP contribution is 2.31. The Bertz CT molecular complexity index is 1180. The number of nitrogens with one attached hydrogen (secondary N) is 1. The second kappa shape index (κ2) is 10.6. The van der Waals surface area contributed by atoms with Crippen molar-refractivity contribution in [2.45, 2.75) is 77.5 Å². The highest BCUT2D eigenvalue weighted by Gasteiger charge is 2.39. The number of ether oxygens (including phenoxy) is 1. The fourth-order valence-electron chi connectivity index (χ4n) is 4.91. The second-order valence-corrected chi connectivity index (χ2v) is 9.32. The fraction of sp³-hybridized carbons (Fsp3) is 0.500. The molecule has 1 aromatic carbocycles. The zero-order valence-corrected chi connectivity index (χ0v) is 20.1. The van der Waals surface area contributed by atoms with Gasteiger partial charge < -0.3 is 19.5 Å². The molecule has 0 radical (unpaired) electrons. The summed E-state index contributed by atoms with van der Waals surface area (Å²) in [5.74, 6) is -2.58. The first kappa shape index (κ1) is 24.9. The van der Waals surface area contributed by atoms with E-state index in [2.05, 4.69) is 5.32 Å². The maximum Gasteiger partial charge on any atom is 0.275 e. The number of aromatic nitrogens is 1. The van der Waals surface area contributed by atoms with Crippen molar-refractivity contribution < 1.29 is 23.1 Å². The number of nitrogens with zero attached hydrogens (tertiary/aromatic N) is 2. The smallest absolute Gasteiger partial charge is 0.275 e. The van der Waals surface area contributed by atoms with Gasteiger partial charge in [-0.3, -0.25) is 14.4 Å². The Morgan fingerprint density at radius 3 is 2.71 bits per heavy atom. The monoisotopic (exact) mass is 487 g/mol. The Kier molecular flexibility index (Phi) is 7.52. The summed E-state index contributed by atoms with van der Waals surface area (Å²) in [5, 5.41) is 2.54. The molecule has 0 aliphatic carbocycles. The first-order chi connectivity index (χ1) is 16.8. The minimum Gasteiger partial charge on any atom is -0.487 e. The Labute approximate surface area is 203 Å². The average Bonchev–Trinajstić information content (AvgIpc) is 3.01. The molecule has 7 nitrogen and oxygen atoms in total. The number of pyridine rings is 1. The number of fused-ring (bicyclic) bond motifs is 2. The van der Waals surface area contributed by atoms with Gasteiger partial charge in [-0.05, 0) is 32.3 Å². The normalized spacial score (nSPS) is 19.5. The van der Waals surface area contributed by atoms with Crippen molar-refractivity contribution in [1.82, 2.24) is 14.8 Å².